The van der Waals surface area contributed by atoms with Gasteiger partial charge in [0.05, 0.1) is 11.3 Å². The number of hydrogen-bond acceptors (Lipinski definition) is 4. The normalized spacial score (nSPS) is 15.6. The maximum absolute atomic E-state index is 13.9. The first-order valence-electron chi connectivity index (χ1n) is 11.4. The molecule has 0 atom stereocenters. The number of anilines is 3. The summed E-state index contributed by atoms with van der Waals surface area (Å²) < 4.78 is 0. The van der Waals surface area contributed by atoms with Crippen molar-refractivity contribution in [2.45, 2.75) is 26.7 Å². The van der Waals surface area contributed by atoms with Crippen LogP contribution in [0.15, 0.2) is 78.5 Å². The van der Waals surface area contributed by atoms with Gasteiger partial charge in [-0.05, 0) is 66.8 Å². The molecule has 2 aliphatic rings. The van der Waals surface area contributed by atoms with Crippen molar-refractivity contribution >= 4 is 40.4 Å². The molecule has 34 heavy (non-hydrogen) atoms. The molecule has 0 saturated carbocycles. The fourth-order valence-electron chi connectivity index (χ4n) is 4.72. The van der Waals surface area contributed by atoms with E-state index in [9.17, 15) is 14.4 Å². The number of imide groups is 1. The molecule has 6 nitrogen and oxygen atoms in total. The van der Waals surface area contributed by atoms with Crippen LogP contribution in [0.1, 0.15) is 30.0 Å². The number of benzene rings is 3. The smallest absolute Gasteiger partial charge is 0.282 e. The largest absolute Gasteiger partial charge is 0.336 e. The van der Waals surface area contributed by atoms with Crippen LogP contribution in [-0.4, -0.2) is 24.3 Å². The quantitative estimate of drug-likeness (QED) is 0.585. The predicted molar refractivity (Wildman–Crippen MR) is 133 cm³/mol. The molecule has 0 aliphatic carbocycles. The van der Waals surface area contributed by atoms with Crippen LogP contribution in [0.2, 0.25) is 0 Å². The van der Waals surface area contributed by atoms with E-state index in [4.69, 9.17) is 0 Å². The third-order valence-electron chi connectivity index (χ3n) is 6.19. The number of nitrogens with one attached hydrogen (secondary N) is 1. The molecule has 3 aromatic carbocycles. The van der Waals surface area contributed by atoms with Crippen LogP contribution in [0.3, 0.4) is 0 Å². The summed E-state index contributed by atoms with van der Waals surface area (Å²) in [5.74, 6) is -0.843. The van der Waals surface area contributed by atoms with Crippen LogP contribution in [0.25, 0.3) is 5.57 Å². The number of amides is 3. The number of carbonyl (C=O) groups is 3. The summed E-state index contributed by atoms with van der Waals surface area (Å²) in [5, 5.41) is 2.74. The van der Waals surface area contributed by atoms with Gasteiger partial charge in [0.1, 0.15) is 5.70 Å². The molecule has 5 rings (SSSR count). The maximum Gasteiger partial charge on any atom is 0.282 e. The number of nitrogens with zero attached hydrogens (tertiary/aromatic N) is 2. The Hall–Kier alpha value is -4.19. The molecule has 0 bridgehead atoms. The summed E-state index contributed by atoms with van der Waals surface area (Å²) in [7, 11) is 0. The minimum absolute atomic E-state index is 0.171. The van der Waals surface area contributed by atoms with Gasteiger partial charge in [-0.25, -0.2) is 4.90 Å². The lowest BCUT2D eigenvalue weighted by atomic mass is 9.98. The van der Waals surface area contributed by atoms with E-state index < -0.39 is 0 Å². The van der Waals surface area contributed by atoms with Crippen LogP contribution in [-0.2, 0) is 20.8 Å². The Labute approximate surface area is 198 Å². The highest BCUT2D eigenvalue weighted by Crippen LogP contribution is 2.39. The Morgan fingerprint density at radius 2 is 1.68 bits per heavy atom. The molecule has 2 heterocycles. The van der Waals surface area contributed by atoms with Gasteiger partial charge in [0.15, 0.2) is 0 Å². The third-order valence-corrected chi connectivity index (χ3v) is 6.19. The Balaban J connectivity index is 1.66. The standard InChI is InChI=1S/C28H25N3O3/c1-18-7-5-10-23(17-18)31-27(33)25(21-12-14-22(15-13-21)29-19(2)32)26(28(31)34)30-16-6-9-20-8-3-4-11-24(20)30/h3-5,7-8,10-15,17H,6,9,16H2,1-2H3,(H,29,32). The molecule has 3 amide bonds. The zero-order valence-electron chi connectivity index (χ0n) is 19.2. The fraction of sp³-hybridized carbons (Fsp3) is 0.179. The van der Waals surface area contributed by atoms with Crippen LogP contribution in [0.4, 0.5) is 17.1 Å². The van der Waals surface area contributed by atoms with E-state index in [-0.39, 0.29) is 17.7 Å². The van der Waals surface area contributed by atoms with Gasteiger partial charge in [-0.3, -0.25) is 14.4 Å². The molecule has 0 radical (unpaired) electrons. The number of rotatable bonds is 4. The second-order valence-corrected chi connectivity index (χ2v) is 8.65. The minimum Gasteiger partial charge on any atom is -0.336 e. The monoisotopic (exact) mass is 451 g/mol. The van der Waals surface area contributed by atoms with Crippen LogP contribution in [0, 0.1) is 6.92 Å². The summed E-state index contributed by atoms with van der Waals surface area (Å²) >= 11 is 0. The molecule has 3 aromatic rings. The first kappa shape index (κ1) is 21.6. The van der Waals surface area contributed by atoms with Crippen LogP contribution in [0.5, 0.6) is 0 Å². The van der Waals surface area contributed by atoms with Crippen molar-refractivity contribution in [3.63, 3.8) is 0 Å². The van der Waals surface area contributed by atoms with Gasteiger partial charge >= 0.3 is 0 Å². The Kier molecular flexibility index (Phi) is 5.49. The molecular weight excluding hydrogens is 426 g/mol. The lowest BCUT2D eigenvalue weighted by Gasteiger charge is -2.32. The molecule has 0 spiro atoms. The van der Waals surface area contributed by atoms with Gasteiger partial charge in [-0.1, -0.05) is 42.5 Å². The lowest BCUT2D eigenvalue weighted by Crippen LogP contribution is -2.37. The van der Waals surface area contributed by atoms with Gasteiger partial charge in [0, 0.05) is 24.8 Å². The van der Waals surface area contributed by atoms with Gasteiger partial charge in [-0.2, -0.15) is 0 Å². The highest BCUT2D eigenvalue weighted by molar-refractivity contribution is 6.46. The predicted octanol–water partition coefficient (Wildman–Crippen LogP) is 4.69. The van der Waals surface area contributed by atoms with Crippen molar-refractivity contribution in [1.29, 1.82) is 0 Å². The van der Waals surface area contributed by atoms with Gasteiger partial charge < -0.3 is 10.2 Å². The SMILES string of the molecule is CC(=O)Nc1ccc(C2=C(N3CCCc4ccccc43)C(=O)N(c3cccc(C)c3)C2=O)cc1. The van der Waals surface area contributed by atoms with Crippen molar-refractivity contribution in [1.82, 2.24) is 0 Å². The zero-order chi connectivity index (χ0) is 23.8. The second kappa shape index (κ2) is 8.63. The number of hydrogen-bond donors (Lipinski definition) is 1. The minimum atomic E-state index is -0.346. The fourth-order valence-corrected chi connectivity index (χ4v) is 4.72. The number of aryl methyl sites for hydroxylation is 2. The summed E-state index contributed by atoms with van der Waals surface area (Å²) in [6, 6.07) is 22.5. The van der Waals surface area contributed by atoms with E-state index >= 15 is 0 Å². The maximum atomic E-state index is 13.9. The van der Waals surface area contributed by atoms with Crippen molar-refractivity contribution < 1.29 is 14.4 Å². The Morgan fingerprint density at radius 1 is 0.912 bits per heavy atom. The molecule has 170 valence electrons. The van der Waals surface area contributed by atoms with Crippen LogP contribution < -0.4 is 15.1 Å². The first-order valence-corrected chi connectivity index (χ1v) is 11.4. The summed E-state index contributed by atoms with van der Waals surface area (Å²) in [4.78, 5) is 42.4. The average Bonchev–Trinajstić information content (AvgIpc) is 3.08. The third kappa shape index (κ3) is 3.77. The van der Waals surface area contributed by atoms with Gasteiger partial charge in [0.2, 0.25) is 5.91 Å². The molecule has 1 N–H and O–H groups in total. The van der Waals surface area contributed by atoms with Crippen molar-refractivity contribution in [2.24, 2.45) is 0 Å². The highest BCUT2D eigenvalue weighted by atomic mass is 16.2. The molecule has 0 saturated heterocycles. The molecule has 2 aliphatic heterocycles. The molecular formula is C28H25N3O3. The van der Waals surface area contributed by atoms with Crippen LogP contribution >= 0.6 is 0 Å². The molecule has 6 heteroatoms. The molecule has 0 fully saturated rings. The van der Waals surface area contributed by atoms with E-state index in [1.165, 1.54) is 11.8 Å². The van der Waals surface area contributed by atoms with E-state index in [1.54, 1.807) is 30.3 Å². The lowest BCUT2D eigenvalue weighted by molar-refractivity contribution is -0.120. The number of para-hydroxylation sites is 1. The summed E-state index contributed by atoms with van der Waals surface area (Å²) in [6.07, 6.45) is 1.83. The zero-order valence-corrected chi connectivity index (χ0v) is 19.2. The van der Waals surface area contributed by atoms with Gasteiger partial charge in [-0.15, -0.1) is 0 Å². The Morgan fingerprint density at radius 3 is 2.41 bits per heavy atom. The van der Waals surface area contributed by atoms with E-state index in [1.807, 2.05) is 48.2 Å². The van der Waals surface area contributed by atoms with Gasteiger partial charge in [0.25, 0.3) is 11.8 Å². The summed E-state index contributed by atoms with van der Waals surface area (Å²) in [5.41, 5.74) is 5.69. The molecule has 0 unspecified atom stereocenters. The van der Waals surface area contributed by atoms with Crippen molar-refractivity contribution in [3.8, 4) is 0 Å². The van der Waals surface area contributed by atoms with E-state index in [2.05, 4.69) is 11.4 Å². The highest BCUT2D eigenvalue weighted by Gasteiger charge is 2.43. The first-order chi connectivity index (χ1) is 16.4. The number of fused-ring (bicyclic) bond motifs is 1. The summed E-state index contributed by atoms with van der Waals surface area (Å²) in [6.45, 7) is 4.03. The van der Waals surface area contributed by atoms with E-state index in [0.717, 1.165) is 29.7 Å². The molecule has 0 aromatic heterocycles. The average molecular weight is 452 g/mol. The van der Waals surface area contributed by atoms with E-state index in [0.29, 0.717) is 34.8 Å². The van der Waals surface area contributed by atoms with Crippen molar-refractivity contribution in [3.05, 3.63) is 95.2 Å². The Bertz CT molecular complexity index is 1340. The second-order valence-electron chi connectivity index (χ2n) is 8.65. The van der Waals surface area contributed by atoms with Crippen molar-refractivity contribution in [2.75, 3.05) is 21.7 Å². The topological polar surface area (TPSA) is 69.7 Å². The number of carbonyl (C=O) groups excluding carboxylic acids is 3.